The Morgan fingerprint density at radius 3 is 2.76 bits per heavy atom. The van der Waals surface area contributed by atoms with Gasteiger partial charge in [-0.3, -0.25) is 0 Å². The number of hydrogen-bond donors (Lipinski definition) is 1. The van der Waals surface area contributed by atoms with E-state index >= 15 is 0 Å². The Morgan fingerprint density at radius 1 is 1.18 bits per heavy atom. The molecule has 2 aromatic rings. The summed E-state index contributed by atoms with van der Waals surface area (Å²) in [7, 11) is 0. The molecule has 1 heterocycles. The minimum absolute atomic E-state index is 0.468. The first kappa shape index (κ1) is 12.7. The number of nitrogens with one attached hydrogen (secondary N) is 1. The monoisotopic (exact) mass is 330 g/mol. The predicted octanol–water partition coefficient (Wildman–Crippen LogP) is 4.76. The number of aromatic nitrogens is 1. The zero-order chi connectivity index (χ0) is 12.3. The molecule has 0 saturated carbocycles. The van der Waals surface area contributed by atoms with Crippen LogP contribution in [0.25, 0.3) is 0 Å². The Morgan fingerprint density at radius 2 is 2.00 bits per heavy atom. The molecule has 17 heavy (non-hydrogen) atoms. The first-order valence-electron chi connectivity index (χ1n) is 4.95. The largest absolute Gasteiger partial charge is 0.366 e. The van der Waals surface area contributed by atoms with Gasteiger partial charge in [-0.05, 0) is 35.9 Å². The van der Waals surface area contributed by atoms with Crippen LogP contribution in [-0.2, 0) is 6.54 Å². The van der Waals surface area contributed by atoms with Crippen LogP contribution in [0.5, 0.6) is 0 Å². The van der Waals surface area contributed by atoms with E-state index in [4.69, 9.17) is 23.2 Å². The number of anilines is 1. The van der Waals surface area contributed by atoms with E-state index in [0.29, 0.717) is 11.7 Å². The summed E-state index contributed by atoms with van der Waals surface area (Å²) >= 11 is 15.3. The van der Waals surface area contributed by atoms with Crippen molar-refractivity contribution in [3.63, 3.8) is 0 Å². The molecule has 0 spiro atoms. The van der Waals surface area contributed by atoms with E-state index in [-0.39, 0.29) is 0 Å². The van der Waals surface area contributed by atoms with Crippen LogP contribution in [0.4, 0.5) is 5.82 Å². The van der Waals surface area contributed by atoms with Gasteiger partial charge in [-0.15, -0.1) is 0 Å². The van der Waals surface area contributed by atoms with Crippen LogP contribution in [0.1, 0.15) is 5.56 Å². The normalized spacial score (nSPS) is 10.3. The lowest BCUT2D eigenvalue weighted by Crippen LogP contribution is -2.01. The fourth-order valence-corrected chi connectivity index (χ4v) is 2.13. The van der Waals surface area contributed by atoms with Crippen LogP contribution in [-0.4, -0.2) is 4.98 Å². The third-order valence-electron chi connectivity index (χ3n) is 2.18. The molecule has 88 valence electrons. The second kappa shape index (κ2) is 5.71. The zero-order valence-corrected chi connectivity index (χ0v) is 11.9. The van der Waals surface area contributed by atoms with Crippen molar-refractivity contribution < 1.29 is 0 Å². The summed E-state index contributed by atoms with van der Waals surface area (Å²) in [6.45, 7) is 0.603. The van der Waals surface area contributed by atoms with Crippen molar-refractivity contribution >= 4 is 44.9 Å². The molecule has 0 bridgehead atoms. The average Bonchev–Trinajstić information content (AvgIpc) is 2.30. The fourth-order valence-electron chi connectivity index (χ4n) is 1.37. The van der Waals surface area contributed by atoms with E-state index in [0.717, 1.165) is 20.9 Å². The lowest BCUT2D eigenvalue weighted by Gasteiger charge is -2.08. The van der Waals surface area contributed by atoms with Gasteiger partial charge in [0.1, 0.15) is 11.0 Å². The van der Waals surface area contributed by atoms with Crippen LogP contribution < -0.4 is 5.32 Å². The first-order valence-corrected chi connectivity index (χ1v) is 6.50. The van der Waals surface area contributed by atoms with E-state index in [9.17, 15) is 0 Å². The highest BCUT2D eigenvalue weighted by atomic mass is 79.9. The predicted molar refractivity (Wildman–Crippen MR) is 75.7 cm³/mol. The standard InChI is InChI=1S/C12H9BrCl2N2/c13-9-4-5-10(14)8(6-9)7-16-12-3-1-2-11(15)17-12/h1-6H,7H2,(H,16,17). The van der Waals surface area contributed by atoms with Crippen LogP contribution in [0.3, 0.4) is 0 Å². The second-order valence-electron chi connectivity index (χ2n) is 3.43. The smallest absolute Gasteiger partial charge is 0.131 e. The van der Waals surface area contributed by atoms with E-state index < -0.39 is 0 Å². The number of halogens is 3. The summed E-state index contributed by atoms with van der Waals surface area (Å²) in [5.74, 6) is 0.730. The molecule has 0 aliphatic heterocycles. The lowest BCUT2D eigenvalue weighted by atomic mass is 10.2. The molecule has 0 fully saturated rings. The molecule has 0 amide bonds. The molecule has 0 aliphatic carbocycles. The van der Waals surface area contributed by atoms with Crippen LogP contribution in [0.2, 0.25) is 10.2 Å². The molecule has 5 heteroatoms. The molecule has 0 unspecified atom stereocenters. The quantitative estimate of drug-likeness (QED) is 0.820. The van der Waals surface area contributed by atoms with E-state index in [2.05, 4.69) is 26.2 Å². The van der Waals surface area contributed by atoms with Gasteiger partial charge >= 0.3 is 0 Å². The topological polar surface area (TPSA) is 24.9 Å². The molecule has 0 saturated heterocycles. The van der Waals surface area contributed by atoms with Gasteiger partial charge < -0.3 is 5.32 Å². The Balaban J connectivity index is 2.09. The molecule has 1 N–H and O–H groups in total. The Hall–Kier alpha value is -0.770. The van der Waals surface area contributed by atoms with Crippen molar-refractivity contribution in [3.05, 3.63) is 56.6 Å². The molecule has 1 aromatic heterocycles. The third-order valence-corrected chi connectivity index (χ3v) is 3.26. The summed E-state index contributed by atoms with van der Waals surface area (Å²) in [6, 6.07) is 11.2. The van der Waals surface area contributed by atoms with Gasteiger partial charge in [0.2, 0.25) is 0 Å². The second-order valence-corrected chi connectivity index (χ2v) is 5.14. The number of hydrogen-bond acceptors (Lipinski definition) is 2. The van der Waals surface area contributed by atoms with Crippen LogP contribution in [0, 0.1) is 0 Å². The third kappa shape index (κ3) is 3.60. The van der Waals surface area contributed by atoms with Crippen molar-refractivity contribution in [1.29, 1.82) is 0 Å². The minimum atomic E-state index is 0.468. The van der Waals surface area contributed by atoms with Crippen molar-refractivity contribution in [2.45, 2.75) is 6.54 Å². The van der Waals surface area contributed by atoms with Gasteiger partial charge in [0.25, 0.3) is 0 Å². The Bertz CT molecular complexity index is 532. The van der Waals surface area contributed by atoms with Crippen LogP contribution in [0.15, 0.2) is 40.9 Å². The van der Waals surface area contributed by atoms with Gasteiger partial charge in [0.05, 0.1) is 0 Å². The first-order chi connectivity index (χ1) is 8.15. The number of nitrogens with zero attached hydrogens (tertiary/aromatic N) is 1. The maximum absolute atomic E-state index is 6.09. The maximum Gasteiger partial charge on any atom is 0.131 e. The summed E-state index contributed by atoms with van der Waals surface area (Å²) in [6.07, 6.45) is 0. The number of benzene rings is 1. The van der Waals surface area contributed by atoms with Crippen LogP contribution >= 0.6 is 39.1 Å². The summed E-state index contributed by atoms with van der Waals surface area (Å²) in [5.41, 5.74) is 1.00. The molecular formula is C12H9BrCl2N2. The van der Waals surface area contributed by atoms with Gasteiger partial charge in [-0.25, -0.2) is 4.98 Å². The highest BCUT2D eigenvalue weighted by molar-refractivity contribution is 9.10. The summed E-state index contributed by atoms with van der Waals surface area (Å²) in [4.78, 5) is 4.14. The van der Waals surface area contributed by atoms with Crippen molar-refractivity contribution in [3.8, 4) is 0 Å². The molecule has 1 aromatic carbocycles. The Labute approximate surface area is 118 Å². The molecule has 0 aliphatic rings. The van der Waals surface area contributed by atoms with Gasteiger partial charge in [0.15, 0.2) is 0 Å². The molecule has 0 radical (unpaired) electrons. The lowest BCUT2D eigenvalue weighted by molar-refractivity contribution is 1.11. The SMILES string of the molecule is Clc1cccc(NCc2cc(Br)ccc2Cl)n1. The van der Waals surface area contributed by atoms with E-state index in [1.807, 2.05) is 30.3 Å². The zero-order valence-electron chi connectivity index (χ0n) is 8.75. The number of pyridine rings is 1. The van der Waals surface area contributed by atoms with Gasteiger partial charge in [-0.1, -0.05) is 45.2 Å². The van der Waals surface area contributed by atoms with Crippen molar-refractivity contribution in [1.82, 2.24) is 4.98 Å². The van der Waals surface area contributed by atoms with E-state index in [1.165, 1.54) is 0 Å². The van der Waals surface area contributed by atoms with Crippen molar-refractivity contribution in [2.75, 3.05) is 5.32 Å². The maximum atomic E-state index is 6.09. The van der Waals surface area contributed by atoms with Gasteiger partial charge in [0, 0.05) is 16.0 Å². The average molecular weight is 332 g/mol. The molecule has 0 atom stereocenters. The number of rotatable bonds is 3. The summed E-state index contributed by atoms with van der Waals surface area (Å²) in [5, 5.41) is 4.36. The van der Waals surface area contributed by atoms with Crippen molar-refractivity contribution in [2.24, 2.45) is 0 Å². The molecular weight excluding hydrogens is 323 g/mol. The fraction of sp³-hybridized carbons (Fsp3) is 0.0833. The van der Waals surface area contributed by atoms with E-state index in [1.54, 1.807) is 6.07 Å². The highest BCUT2D eigenvalue weighted by Gasteiger charge is 2.02. The van der Waals surface area contributed by atoms with Gasteiger partial charge in [-0.2, -0.15) is 0 Å². The molecule has 2 nitrogen and oxygen atoms in total. The minimum Gasteiger partial charge on any atom is -0.366 e. The summed E-state index contributed by atoms with van der Waals surface area (Å²) < 4.78 is 0.998. The highest BCUT2D eigenvalue weighted by Crippen LogP contribution is 2.22. The molecule has 2 rings (SSSR count). The Kier molecular flexibility index (Phi) is 4.26.